The van der Waals surface area contributed by atoms with E-state index < -0.39 is 0 Å². The van der Waals surface area contributed by atoms with Crippen molar-refractivity contribution in [3.05, 3.63) is 57.6 Å². The molecule has 0 amide bonds. The summed E-state index contributed by atoms with van der Waals surface area (Å²) < 4.78 is 5.69. The number of aldehydes is 1. The summed E-state index contributed by atoms with van der Waals surface area (Å²) in [7, 11) is 0. The quantitative estimate of drug-likeness (QED) is 0.747. The third-order valence-corrected chi connectivity index (χ3v) is 2.99. The van der Waals surface area contributed by atoms with Crippen molar-refractivity contribution in [2.24, 2.45) is 0 Å². The van der Waals surface area contributed by atoms with Crippen LogP contribution in [0.3, 0.4) is 0 Å². The normalized spacial score (nSPS) is 10.2. The first-order valence-electron chi connectivity index (χ1n) is 5.29. The van der Waals surface area contributed by atoms with Crippen molar-refractivity contribution in [2.75, 3.05) is 0 Å². The van der Waals surface area contributed by atoms with Gasteiger partial charge in [-0.1, -0.05) is 35.3 Å². The Morgan fingerprint density at radius 3 is 2.50 bits per heavy atom. The molecule has 0 N–H and O–H groups in total. The highest BCUT2D eigenvalue weighted by Gasteiger charge is 2.07. The fourth-order valence-corrected chi connectivity index (χ4v) is 1.92. The van der Waals surface area contributed by atoms with Crippen molar-refractivity contribution >= 4 is 29.5 Å². The fraction of sp³-hybridized carbons (Fsp3) is 0.0714. The van der Waals surface area contributed by atoms with Gasteiger partial charge < -0.3 is 4.74 Å². The van der Waals surface area contributed by atoms with Crippen molar-refractivity contribution in [2.45, 2.75) is 6.92 Å². The number of ether oxygens (including phenoxy) is 1. The molecule has 2 aromatic carbocycles. The summed E-state index contributed by atoms with van der Waals surface area (Å²) in [5, 5.41) is 0.976. The Morgan fingerprint density at radius 2 is 1.83 bits per heavy atom. The van der Waals surface area contributed by atoms with Crippen LogP contribution >= 0.6 is 23.2 Å². The maximum atomic E-state index is 10.7. The molecule has 0 aromatic heterocycles. The number of rotatable bonds is 3. The molecule has 2 rings (SSSR count). The number of hydrogen-bond acceptors (Lipinski definition) is 2. The minimum absolute atomic E-state index is 0.429. The molecule has 0 aliphatic rings. The van der Waals surface area contributed by atoms with Gasteiger partial charge in [-0.25, -0.2) is 0 Å². The summed E-state index contributed by atoms with van der Waals surface area (Å²) >= 11 is 11.8. The molecular weight excluding hydrogens is 271 g/mol. The summed E-state index contributed by atoms with van der Waals surface area (Å²) in [6, 6.07) is 10.2. The van der Waals surface area contributed by atoms with Crippen LogP contribution in [0.15, 0.2) is 36.4 Å². The van der Waals surface area contributed by atoms with Gasteiger partial charge in [0.05, 0.1) is 5.02 Å². The molecule has 0 aliphatic carbocycles. The summed E-state index contributed by atoms with van der Waals surface area (Å²) in [5.74, 6) is 1.11. The zero-order chi connectivity index (χ0) is 13.1. The summed E-state index contributed by atoms with van der Waals surface area (Å²) in [6.07, 6.45) is 0.774. The average molecular weight is 281 g/mol. The lowest BCUT2D eigenvalue weighted by atomic mass is 10.1. The van der Waals surface area contributed by atoms with Crippen LogP contribution in [0.25, 0.3) is 0 Å². The minimum atomic E-state index is 0.429. The summed E-state index contributed by atoms with van der Waals surface area (Å²) in [4.78, 5) is 10.7. The van der Waals surface area contributed by atoms with E-state index >= 15 is 0 Å². The molecule has 0 spiro atoms. The Kier molecular flexibility index (Phi) is 3.90. The van der Waals surface area contributed by atoms with Crippen molar-refractivity contribution < 1.29 is 9.53 Å². The molecule has 0 fully saturated rings. The van der Waals surface area contributed by atoms with Gasteiger partial charge in [-0.15, -0.1) is 0 Å². The van der Waals surface area contributed by atoms with Gasteiger partial charge in [-0.3, -0.25) is 4.79 Å². The van der Waals surface area contributed by atoms with Gasteiger partial charge in [0.25, 0.3) is 0 Å². The highest BCUT2D eigenvalue weighted by atomic mass is 35.5. The molecule has 0 bridgehead atoms. The Hall–Kier alpha value is -1.51. The second-order valence-electron chi connectivity index (χ2n) is 3.82. The van der Waals surface area contributed by atoms with E-state index in [-0.39, 0.29) is 0 Å². The van der Waals surface area contributed by atoms with E-state index in [9.17, 15) is 4.79 Å². The van der Waals surface area contributed by atoms with Gasteiger partial charge in [0, 0.05) is 10.6 Å². The van der Waals surface area contributed by atoms with E-state index in [4.69, 9.17) is 27.9 Å². The maximum Gasteiger partial charge on any atom is 0.150 e. The van der Waals surface area contributed by atoms with Crippen molar-refractivity contribution in [3.63, 3.8) is 0 Å². The predicted molar refractivity (Wildman–Crippen MR) is 73.1 cm³/mol. The number of carbonyl (C=O) groups excluding carboxylic acids is 1. The molecule has 4 heteroatoms. The first-order valence-corrected chi connectivity index (χ1v) is 6.04. The minimum Gasteiger partial charge on any atom is -0.456 e. The molecule has 0 radical (unpaired) electrons. The van der Waals surface area contributed by atoms with Crippen LogP contribution in [-0.4, -0.2) is 6.29 Å². The molecule has 0 atom stereocenters. The average Bonchev–Trinajstić information content (AvgIpc) is 2.35. The maximum absolute atomic E-state index is 10.7. The number of aryl methyl sites for hydroxylation is 1. The standard InChI is InChI=1S/C14H10Cl2O2/c1-9-2-3-10(8-17)6-14(9)18-13-5-4-11(15)7-12(13)16/h2-8H,1H3. The molecule has 0 unspecified atom stereocenters. The van der Waals surface area contributed by atoms with E-state index in [0.717, 1.165) is 11.8 Å². The monoisotopic (exact) mass is 280 g/mol. The lowest BCUT2D eigenvalue weighted by Gasteiger charge is -2.10. The highest BCUT2D eigenvalue weighted by molar-refractivity contribution is 6.35. The first kappa shape index (κ1) is 12.9. The predicted octanol–water partition coefficient (Wildman–Crippen LogP) is 4.91. The van der Waals surface area contributed by atoms with E-state index in [2.05, 4.69) is 0 Å². The van der Waals surface area contributed by atoms with Crippen LogP contribution < -0.4 is 4.74 Å². The summed E-state index contributed by atoms with van der Waals surface area (Å²) in [5.41, 5.74) is 1.48. The van der Waals surface area contributed by atoms with E-state index in [1.807, 2.05) is 13.0 Å². The Labute approximate surface area is 115 Å². The van der Waals surface area contributed by atoms with Crippen molar-refractivity contribution in [1.29, 1.82) is 0 Å². The van der Waals surface area contributed by atoms with Crippen LogP contribution in [-0.2, 0) is 0 Å². The fourth-order valence-electron chi connectivity index (χ4n) is 1.48. The smallest absolute Gasteiger partial charge is 0.150 e. The number of carbonyl (C=O) groups is 1. The third-order valence-electron chi connectivity index (χ3n) is 2.46. The van der Waals surface area contributed by atoms with Gasteiger partial charge >= 0.3 is 0 Å². The molecule has 18 heavy (non-hydrogen) atoms. The SMILES string of the molecule is Cc1ccc(C=O)cc1Oc1ccc(Cl)cc1Cl. The van der Waals surface area contributed by atoms with Crippen molar-refractivity contribution in [3.8, 4) is 11.5 Å². The molecular formula is C14H10Cl2O2. The van der Waals surface area contributed by atoms with E-state index in [1.165, 1.54) is 0 Å². The molecule has 2 nitrogen and oxygen atoms in total. The largest absolute Gasteiger partial charge is 0.456 e. The van der Waals surface area contributed by atoms with Gasteiger partial charge in [-0.05, 0) is 36.8 Å². The van der Waals surface area contributed by atoms with Crippen molar-refractivity contribution in [1.82, 2.24) is 0 Å². The van der Waals surface area contributed by atoms with Crippen LogP contribution in [0.2, 0.25) is 10.0 Å². The Balaban J connectivity index is 2.36. The number of hydrogen-bond donors (Lipinski definition) is 0. The Morgan fingerprint density at radius 1 is 1.06 bits per heavy atom. The summed E-state index contributed by atoms with van der Waals surface area (Å²) in [6.45, 7) is 1.90. The van der Waals surface area contributed by atoms with Gasteiger partial charge in [0.1, 0.15) is 17.8 Å². The van der Waals surface area contributed by atoms with E-state index in [0.29, 0.717) is 27.1 Å². The van der Waals surface area contributed by atoms with Crippen LogP contribution in [0.4, 0.5) is 0 Å². The number of halogens is 2. The molecule has 2 aromatic rings. The van der Waals surface area contributed by atoms with Gasteiger partial charge in [0.2, 0.25) is 0 Å². The lowest BCUT2D eigenvalue weighted by Crippen LogP contribution is -1.90. The van der Waals surface area contributed by atoms with Crippen LogP contribution in [0.5, 0.6) is 11.5 Å². The topological polar surface area (TPSA) is 26.3 Å². The second-order valence-corrected chi connectivity index (χ2v) is 4.66. The van der Waals surface area contributed by atoms with Crippen LogP contribution in [0.1, 0.15) is 15.9 Å². The van der Waals surface area contributed by atoms with Crippen LogP contribution in [0, 0.1) is 6.92 Å². The first-order chi connectivity index (χ1) is 8.60. The Bertz CT molecular complexity index is 594. The van der Waals surface area contributed by atoms with Gasteiger partial charge in [-0.2, -0.15) is 0 Å². The van der Waals surface area contributed by atoms with E-state index in [1.54, 1.807) is 30.3 Å². The molecule has 0 aliphatic heterocycles. The molecule has 0 heterocycles. The number of benzene rings is 2. The molecule has 0 saturated heterocycles. The zero-order valence-corrected chi connectivity index (χ0v) is 11.1. The highest BCUT2D eigenvalue weighted by Crippen LogP contribution is 2.33. The third kappa shape index (κ3) is 2.84. The second kappa shape index (κ2) is 5.42. The molecule has 0 saturated carbocycles. The lowest BCUT2D eigenvalue weighted by molar-refractivity contribution is 0.112. The van der Waals surface area contributed by atoms with Gasteiger partial charge in [0.15, 0.2) is 0 Å². The molecule has 92 valence electrons. The zero-order valence-electron chi connectivity index (χ0n) is 9.61.